The predicted molar refractivity (Wildman–Crippen MR) is 345 cm³/mol. The molecule has 4 heterocycles. The first-order chi connectivity index (χ1) is 45.3. The third-order valence-corrected chi connectivity index (χ3v) is 22.7. The molecular formula is C63H73Cl9N2O21. The number of nitrogens with one attached hydrogen (secondary N) is 2. The van der Waals surface area contributed by atoms with Gasteiger partial charge in [-0.25, -0.2) is 9.59 Å². The van der Waals surface area contributed by atoms with Crippen molar-refractivity contribution in [3.63, 3.8) is 0 Å². The zero-order valence-electron chi connectivity index (χ0n) is 51.9. The minimum Gasteiger partial charge on any atom is -0.462 e. The van der Waals surface area contributed by atoms with Gasteiger partial charge in [0.1, 0.15) is 66.7 Å². The second-order valence-electron chi connectivity index (χ2n) is 25.9. The van der Waals surface area contributed by atoms with Crippen molar-refractivity contribution in [2.75, 3.05) is 59.9 Å². The number of amides is 2. The first kappa shape index (κ1) is 74.1. The highest BCUT2D eigenvalue weighted by Crippen LogP contribution is 2.71. The number of anilines is 2. The van der Waals surface area contributed by atoms with Crippen LogP contribution in [-0.4, -0.2) is 176 Å². The van der Waals surface area contributed by atoms with Gasteiger partial charge in [-0.15, -0.1) is 58.0 Å². The highest BCUT2D eigenvalue weighted by Gasteiger charge is 2.71. The number of Topliss-reactive ketones (excluding diaryl/α,β-unsaturated/α-hetero) is 1. The quantitative estimate of drug-likeness (QED) is 0.0539. The SMILES string of the molecule is C[C@@H]1CC[C@@]2(OC1)OC1C[C@H]3[C@@H]4CC[C@H]5C[C@@H](O[C@@H]6O[C@H](COC(=O)CCl)[C@@H](O[C@@H]7O[C@H](COC(=O)Nc8c(Cl)cccc8Cl)[C@@H](OC(=O)Nc8c(Cl)cccc8Cl)[C@H](OC(=O)CCl)[C@H]7OC(=O)CCl)[C@H](OC(=O)CCl)[C@H]6OC(=O)CCl)CC[C@]5(C)[C@H]4C(=O)C[C@]3(C)C1[C@@H]2C. The summed E-state index contributed by atoms with van der Waals surface area (Å²) in [5.41, 5.74) is -0.920. The van der Waals surface area contributed by atoms with E-state index in [1.807, 2.05) is 0 Å². The molecule has 524 valence electrons. The molecule has 0 radical (unpaired) electrons. The van der Waals surface area contributed by atoms with E-state index in [4.69, 9.17) is 166 Å². The van der Waals surface area contributed by atoms with E-state index in [1.54, 1.807) is 0 Å². The molecule has 4 aliphatic heterocycles. The fourth-order valence-corrected chi connectivity index (χ4v) is 17.6. The minimum atomic E-state index is -2.19. The summed E-state index contributed by atoms with van der Waals surface area (Å²) in [6.45, 7) is 7.84. The van der Waals surface area contributed by atoms with Crippen molar-refractivity contribution < 1.29 is 99.9 Å². The number of para-hydroxylation sites is 2. The third kappa shape index (κ3) is 15.8. The van der Waals surface area contributed by atoms with Gasteiger partial charge in [-0.1, -0.05) is 86.2 Å². The Labute approximate surface area is 593 Å². The van der Waals surface area contributed by atoms with Crippen LogP contribution < -0.4 is 10.6 Å². The van der Waals surface area contributed by atoms with E-state index in [1.165, 1.54) is 36.4 Å². The molecular weight excluding hydrogens is 1440 g/mol. The lowest BCUT2D eigenvalue weighted by Crippen LogP contribution is -2.68. The van der Waals surface area contributed by atoms with Crippen molar-refractivity contribution in [3.8, 4) is 0 Å². The fraction of sp³-hybridized carbons (Fsp3) is 0.683. The van der Waals surface area contributed by atoms with E-state index in [9.17, 15) is 33.6 Å². The second-order valence-corrected chi connectivity index (χ2v) is 28.9. The van der Waals surface area contributed by atoms with Crippen molar-refractivity contribution in [3.05, 3.63) is 56.5 Å². The van der Waals surface area contributed by atoms with Crippen LogP contribution in [0.15, 0.2) is 36.4 Å². The summed E-state index contributed by atoms with van der Waals surface area (Å²) in [5.74, 6) is -9.09. The van der Waals surface area contributed by atoms with Crippen molar-refractivity contribution in [1.29, 1.82) is 0 Å². The molecule has 10 rings (SSSR count). The van der Waals surface area contributed by atoms with Gasteiger partial charge >= 0.3 is 42.0 Å². The Bertz CT molecular complexity index is 3150. The van der Waals surface area contributed by atoms with Crippen LogP contribution in [0.4, 0.5) is 21.0 Å². The van der Waals surface area contributed by atoms with Crippen molar-refractivity contribution in [1.82, 2.24) is 0 Å². The maximum atomic E-state index is 15.1. The summed E-state index contributed by atoms with van der Waals surface area (Å²) < 4.78 is 80.9. The van der Waals surface area contributed by atoms with Crippen LogP contribution in [0.5, 0.6) is 0 Å². The van der Waals surface area contributed by atoms with E-state index >= 15 is 4.79 Å². The van der Waals surface area contributed by atoms with Crippen LogP contribution in [0.3, 0.4) is 0 Å². The standard InChI is InChI=1S/C63H73Cl9N2O21/c1-28-13-16-63(85-25-28)29(2)47-39(95-63)18-33-32-12-11-30-17-31(14-15-61(30,3)48(32)38(75)19-62(33,47)4)86-57-55(91-45(79)23-67)53(89-43(77)21-65)51(40(87-57)26-83-42(76)20-64)93-58-56(92-46(80)24-68)54(90-44(78)22-66)52(94-60(82)74-50-36(71)9-6-10-37(50)72)41(88-58)27-84-59(81)73-49-34(69)7-5-8-35(49)70/h5-10,28-33,39-41,47-48,51-58H,11-27H2,1-4H3,(H,73,81)(H,74,82)/t28-,29+,30+,31+,32+,33+,39?,40-,41-,47?,48-,51-,52-,53+,54+,55-,56-,57-,58+,61+,62+,63-/m1/s1. The largest absolute Gasteiger partial charge is 0.462 e. The number of esters is 5. The average Bonchev–Trinajstić information content (AvgIpc) is 1.55. The molecule has 8 aliphatic rings. The number of hydrogen-bond acceptors (Lipinski definition) is 21. The maximum absolute atomic E-state index is 15.1. The van der Waals surface area contributed by atoms with Gasteiger partial charge in [0.2, 0.25) is 0 Å². The molecule has 2 amide bonds. The molecule has 4 aliphatic carbocycles. The molecule has 23 nitrogen and oxygen atoms in total. The first-order valence-corrected chi connectivity index (χ1v) is 35.5. The normalized spacial score (nSPS) is 37.0. The van der Waals surface area contributed by atoms with E-state index in [-0.39, 0.29) is 84.3 Å². The second kappa shape index (κ2) is 31.5. The molecule has 1 spiro atoms. The number of fused-ring (bicyclic) bond motifs is 7. The average molecular weight is 1510 g/mol. The summed E-state index contributed by atoms with van der Waals surface area (Å²) in [7, 11) is 0. The van der Waals surface area contributed by atoms with Crippen molar-refractivity contribution >= 4 is 164 Å². The van der Waals surface area contributed by atoms with E-state index in [2.05, 4.69) is 38.3 Å². The Morgan fingerprint density at radius 3 is 1.63 bits per heavy atom. The predicted octanol–water partition coefficient (Wildman–Crippen LogP) is 11.7. The summed E-state index contributed by atoms with van der Waals surface area (Å²) >= 11 is 55.7. The molecule has 2 aromatic rings. The van der Waals surface area contributed by atoms with Gasteiger partial charge in [0.25, 0.3) is 0 Å². The van der Waals surface area contributed by atoms with Crippen LogP contribution in [0.1, 0.15) is 85.5 Å². The molecule has 0 aromatic heterocycles. The van der Waals surface area contributed by atoms with Crippen molar-refractivity contribution in [2.45, 2.75) is 165 Å². The van der Waals surface area contributed by atoms with E-state index in [0.717, 1.165) is 32.1 Å². The van der Waals surface area contributed by atoms with Crippen molar-refractivity contribution in [2.24, 2.45) is 52.3 Å². The Kier molecular flexibility index (Phi) is 24.6. The Hall–Kier alpha value is -3.63. The molecule has 2 N–H and O–H groups in total. The molecule has 4 saturated heterocycles. The summed E-state index contributed by atoms with van der Waals surface area (Å²) in [5, 5.41) is 4.71. The molecule has 2 aromatic carbocycles. The van der Waals surface area contributed by atoms with Crippen LogP contribution in [0.25, 0.3) is 0 Å². The monoisotopic (exact) mass is 1510 g/mol. The fourth-order valence-electron chi connectivity index (χ4n) is 16.3. The van der Waals surface area contributed by atoms with E-state index < -0.39 is 163 Å². The maximum Gasteiger partial charge on any atom is 0.412 e. The number of ether oxygens (including phenoxy) is 13. The number of carbonyl (C=O) groups is 8. The van der Waals surface area contributed by atoms with Gasteiger partial charge in [-0.3, -0.25) is 39.4 Å². The Morgan fingerprint density at radius 1 is 0.568 bits per heavy atom. The number of benzene rings is 2. The highest BCUT2D eigenvalue weighted by molar-refractivity contribution is 6.40. The smallest absolute Gasteiger partial charge is 0.412 e. The Balaban J connectivity index is 0.958. The lowest BCUT2D eigenvalue weighted by molar-refractivity contribution is -0.364. The number of rotatable bonds is 20. The molecule has 8 fully saturated rings. The lowest BCUT2D eigenvalue weighted by atomic mass is 9.44. The summed E-state index contributed by atoms with van der Waals surface area (Å²) in [6.07, 6.45) is -16.5. The van der Waals surface area contributed by atoms with Crippen LogP contribution in [0.2, 0.25) is 20.1 Å². The number of halogens is 9. The first-order valence-electron chi connectivity index (χ1n) is 31.3. The zero-order valence-corrected chi connectivity index (χ0v) is 58.7. The van der Waals surface area contributed by atoms with Crippen LogP contribution in [0, 0.1) is 52.3 Å². The number of hydrogen-bond donors (Lipinski definition) is 2. The van der Waals surface area contributed by atoms with Gasteiger partial charge in [-0.2, -0.15) is 0 Å². The lowest BCUT2D eigenvalue weighted by Gasteiger charge is -2.60. The molecule has 0 bridgehead atoms. The van der Waals surface area contributed by atoms with E-state index in [0.29, 0.717) is 38.2 Å². The number of carbonyl (C=O) groups excluding carboxylic acids is 8. The third-order valence-electron chi connectivity index (χ3n) is 20.4. The molecule has 95 heavy (non-hydrogen) atoms. The summed E-state index contributed by atoms with van der Waals surface area (Å²) in [6, 6.07) is 8.65. The van der Waals surface area contributed by atoms with Gasteiger partial charge in [-0.05, 0) is 110 Å². The van der Waals surface area contributed by atoms with Crippen LogP contribution >= 0.6 is 104 Å². The molecule has 2 unspecified atom stereocenters. The van der Waals surface area contributed by atoms with Gasteiger partial charge in [0.05, 0.1) is 50.3 Å². The number of ketones is 1. The van der Waals surface area contributed by atoms with Gasteiger partial charge in [0.15, 0.2) is 48.9 Å². The van der Waals surface area contributed by atoms with Crippen LogP contribution in [-0.2, 0) is 90.3 Å². The van der Waals surface area contributed by atoms with Gasteiger partial charge < -0.3 is 61.6 Å². The highest BCUT2D eigenvalue weighted by atomic mass is 35.5. The topological polar surface area (TPSA) is 281 Å². The molecule has 22 atom stereocenters. The number of alkyl halides is 5. The van der Waals surface area contributed by atoms with Gasteiger partial charge in [0, 0.05) is 24.7 Å². The Morgan fingerprint density at radius 2 is 1.08 bits per heavy atom. The minimum absolute atomic E-state index is 0.00131. The summed E-state index contributed by atoms with van der Waals surface area (Å²) in [4.78, 5) is 110. The zero-order chi connectivity index (χ0) is 68.4. The molecule has 32 heteroatoms. The molecule has 4 saturated carbocycles.